The van der Waals surface area contributed by atoms with Crippen LogP contribution in [-0.2, 0) is 4.74 Å². The number of non-ortho nitro benzene ring substituents is 1. The van der Waals surface area contributed by atoms with E-state index in [1.807, 2.05) is 13.0 Å². The Morgan fingerprint density at radius 1 is 1.40 bits per heavy atom. The monoisotopic (exact) mass is 275 g/mol. The van der Waals surface area contributed by atoms with Gasteiger partial charge in [-0.2, -0.15) is 0 Å². The molecule has 0 aliphatic rings. The topological polar surface area (TPSA) is 77.3 Å². The molecule has 0 atom stereocenters. The lowest BCUT2D eigenvalue weighted by Gasteiger charge is -2.09. The molecule has 2 aromatic rings. The van der Waals surface area contributed by atoms with Gasteiger partial charge in [-0.1, -0.05) is 0 Å². The van der Waals surface area contributed by atoms with Crippen molar-refractivity contribution in [3.05, 3.63) is 40.6 Å². The zero-order chi connectivity index (χ0) is 14.4. The second-order valence-corrected chi connectivity index (χ2v) is 4.27. The predicted molar refractivity (Wildman–Crippen MR) is 78.0 cm³/mol. The van der Waals surface area contributed by atoms with Crippen LogP contribution >= 0.6 is 0 Å². The van der Waals surface area contributed by atoms with E-state index >= 15 is 0 Å². The second kappa shape index (κ2) is 6.81. The highest BCUT2D eigenvalue weighted by Crippen LogP contribution is 2.29. The van der Waals surface area contributed by atoms with Gasteiger partial charge >= 0.3 is 0 Å². The Balaban J connectivity index is 2.18. The van der Waals surface area contributed by atoms with Gasteiger partial charge in [-0.05, 0) is 31.5 Å². The first-order valence-electron chi connectivity index (χ1n) is 6.57. The van der Waals surface area contributed by atoms with Gasteiger partial charge in [0.05, 0.1) is 4.92 Å². The molecular weight excluding hydrogens is 258 g/mol. The van der Waals surface area contributed by atoms with E-state index < -0.39 is 4.92 Å². The number of nitro benzene ring substituents is 1. The fourth-order valence-corrected chi connectivity index (χ4v) is 2.00. The Labute approximate surface area is 116 Å². The lowest BCUT2D eigenvalue weighted by molar-refractivity contribution is -0.383. The summed E-state index contributed by atoms with van der Waals surface area (Å²) >= 11 is 0. The molecule has 6 nitrogen and oxygen atoms in total. The quantitative estimate of drug-likeness (QED) is 0.477. The van der Waals surface area contributed by atoms with Crippen LogP contribution in [0.25, 0.3) is 10.9 Å². The Hall–Kier alpha value is -2.21. The number of hydrogen-bond acceptors (Lipinski definition) is 5. The van der Waals surface area contributed by atoms with Crippen molar-refractivity contribution in [3.63, 3.8) is 0 Å². The molecule has 1 N–H and O–H groups in total. The van der Waals surface area contributed by atoms with E-state index in [4.69, 9.17) is 4.74 Å². The van der Waals surface area contributed by atoms with Crippen molar-refractivity contribution in [2.45, 2.75) is 13.3 Å². The molecule has 0 saturated carbocycles. The molecule has 0 saturated heterocycles. The van der Waals surface area contributed by atoms with E-state index in [9.17, 15) is 10.1 Å². The number of nitrogens with one attached hydrogen (secondary N) is 1. The van der Waals surface area contributed by atoms with Crippen LogP contribution in [0.5, 0.6) is 0 Å². The number of pyridine rings is 1. The molecule has 0 amide bonds. The summed E-state index contributed by atoms with van der Waals surface area (Å²) in [4.78, 5) is 14.7. The molecule has 0 aliphatic carbocycles. The molecule has 1 aromatic heterocycles. The summed E-state index contributed by atoms with van der Waals surface area (Å²) in [6.45, 7) is 4.13. The molecule has 6 heteroatoms. The van der Waals surface area contributed by atoms with Crippen molar-refractivity contribution < 1.29 is 9.66 Å². The summed E-state index contributed by atoms with van der Waals surface area (Å²) in [5, 5.41) is 15.0. The van der Waals surface area contributed by atoms with Crippen LogP contribution < -0.4 is 5.32 Å². The third-order valence-corrected chi connectivity index (χ3v) is 2.93. The third-order valence-electron chi connectivity index (χ3n) is 2.93. The second-order valence-electron chi connectivity index (χ2n) is 4.27. The highest BCUT2D eigenvalue weighted by atomic mass is 16.6. The van der Waals surface area contributed by atoms with Gasteiger partial charge < -0.3 is 10.1 Å². The summed E-state index contributed by atoms with van der Waals surface area (Å²) in [5.41, 5.74) is 1.29. The van der Waals surface area contributed by atoms with Gasteiger partial charge in [-0.15, -0.1) is 0 Å². The molecule has 0 aliphatic heterocycles. The zero-order valence-corrected chi connectivity index (χ0v) is 11.3. The molecule has 1 aromatic carbocycles. The Bertz CT molecular complexity index is 601. The number of fused-ring (bicyclic) bond motifs is 1. The van der Waals surface area contributed by atoms with Crippen molar-refractivity contribution in [1.29, 1.82) is 0 Å². The largest absolute Gasteiger partial charge is 0.384 e. The fraction of sp³-hybridized carbons (Fsp3) is 0.357. The average Bonchev–Trinajstić information content (AvgIpc) is 2.46. The van der Waals surface area contributed by atoms with Crippen LogP contribution in [0.2, 0.25) is 0 Å². The van der Waals surface area contributed by atoms with Crippen molar-refractivity contribution in [2.75, 3.05) is 25.1 Å². The normalized spacial score (nSPS) is 10.7. The number of anilines is 1. The van der Waals surface area contributed by atoms with E-state index in [0.29, 0.717) is 18.7 Å². The molecular formula is C14H17N3O3. The first kappa shape index (κ1) is 14.2. The maximum absolute atomic E-state index is 11.0. The minimum atomic E-state index is -0.409. The molecule has 2 rings (SSSR count). The highest BCUT2D eigenvalue weighted by molar-refractivity contribution is 5.96. The fourth-order valence-electron chi connectivity index (χ4n) is 2.00. The summed E-state index contributed by atoms with van der Waals surface area (Å²) in [6.07, 6.45) is 2.45. The van der Waals surface area contributed by atoms with Crippen LogP contribution in [-0.4, -0.2) is 29.7 Å². The van der Waals surface area contributed by atoms with Crippen molar-refractivity contribution in [2.24, 2.45) is 0 Å². The number of nitrogens with zero attached hydrogens (tertiary/aromatic N) is 2. The van der Waals surface area contributed by atoms with Gasteiger partial charge in [0, 0.05) is 43.1 Å². The third kappa shape index (κ3) is 3.21. The summed E-state index contributed by atoms with van der Waals surface area (Å²) in [7, 11) is 0. The Morgan fingerprint density at radius 3 is 3.00 bits per heavy atom. The maximum atomic E-state index is 11.0. The molecule has 1 heterocycles. The molecule has 0 bridgehead atoms. The van der Waals surface area contributed by atoms with Gasteiger partial charge in [0.15, 0.2) is 0 Å². The standard InChI is InChI=1S/C14H17N3O3/c1-2-20-10-4-9-15-12-6-7-13(17(18)19)14-11(12)5-3-8-16-14/h3,5-8,15H,2,4,9-10H2,1H3. The van der Waals surface area contributed by atoms with Gasteiger partial charge in [0.25, 0.3) is 5.69 Å². The molecule has 106 valence electrons. The smallest absolute Gasteiger partial charge is 0.295 e. The Kier molecular flexibility index (Phi) is 4.84. The predicted octanol–water partition coefficient (Wildman–Crippen LogP) is 2.98. The molecule has 20 heavy (non-hydrogen) atoms. The van der Waals surface area contributed by atoms with Crippen LogP contribution in [0.1, 0.15) is 13.3 Å². The van der Waals surface area contributed by atoms with E-state index in [1.54, 1.807) is 18.3 Å². The van der Waals surface area contributed by atoms with Gasteiger partial charge in [-0.25, -0.2) is 4.98 Å². The Morgan fingerprint density at radius 2 is 2.25 bits per heavy atom. The van der Waals surface area contributed by atoms with E-state index in [-0.39, 0.29) is 5.69 Å². The van der Waals surface area contributed by atoms with E-state index in [0.717, 1.165) is 24.0 Å². The molecule has 0 radical (unpaired) electrons. The van der Waals surface area contributed by atoms with Crippen LogP contribution in [0, 0.1) is 10.1 Å². The minimum Gasteiger partial charge on any atom is -0.384 e. The summed E-state index contributed by atoms with van der Waals surface area (Å²) in [5.74, 6) is 0. The van der Waals surface area contributed by atoms with Crippen LogP contribution in [0.4, 0.5) is 11.4 Å². The lowest BCUT2D eigenvalue weighted by atomic mass is 10.1. The highest BCUT2D eigenvalue weighted by Gasteiger charge is 2.14. The first-order valence-corrected chi connectivity index (χ1v) is 6.57. The SMILES string of the molecule is CCOCCCNc1ccc([N+](=O)[O-])c2ncccc12. The summed E-state index contributed by atoms with van der Waals surface area (Å²) in [6, 6.07) is 6.82. The minimum absolute atomic E-state index is 0.0282. The number of benzene rings is 1. The van der Waals surface area contributed by atoms with Crippen LogP contribution in [0.3, 0.4) is 0 Å². The molecule has 0 fully saturated rings. The van der Waals surface area contributed by atoms with Crippen LogP contribution in [0.15, 0.2) is 30.5 Å². The number of hydrogen-bond donors (Lipinski definition) is 1. The van der Waals surface area contributed by atoms with Gasteiger partial charge in [0.1, 0.15) is 5.52 Å². The van der Waals surface area contributed by atoms with Crippen molar-refractivity contribution in [3.8, 4) is 0 Å². The van der Waals surface area contributed by atoms with Gasteiger partial charge in [-0.3, -0.25) is 10.1 Å². The van der Waals surface area contributed by atoms with Gasteiger partial charge in [0.2, 0.25) is 0 Å². The first-order chi connectivity index (χ1) is 9.74. The number of rotatable bonds is 7. The lowest BCUT2D eigenvalue weighted by Crippen LogP contribution is -2.06. The number of nitro groups is 1. The number of ether oxygens (including phenoxy) is 1. The molecule has 0 spiro atoms. The van der Waals surface area contributed by atoms with E-state index in [2.05, 4.69) is 10.3 Å². The zero-order valence-electron chi connectivity index (χ0n) is 11.3. The van der Waals surface area contributed by atoms with Crippen molar-refractivity contribution >= 4 is 22.3 Å². The van der Waals surface area contributed by atoms with E-state index in [1.165, 1.54) is 6.07 Å². The maximum Gasteiger partial charge on any atom is 0.295 e. The number of aromatic nitrogens is 1. The summed E-state index contributed by atoms with van der Waals surface area (Å²) < 4.78 is 5.27. The van der Waals surface area contributed by atoms with Crippen molar-refractivity contribution in [1.82, 2.24) is 4.98 Å². The average molecular weight is 275 g/mol. The molecule has 0 unspecified atom stereocenters.